The third kappa shape index (κ3) is 0.968. The molecule has 0 saturated carbocycles. The van der Waals surface area contributed by atoms with Crippen LogP contribution in [0.3, 0.4) is 0 Å². The SMILES string of the molecule is Brc1ccc2c(c1)Cc1oncc1-2. The smallest absolute Gasteiger partial charge is 0.148 e. The summed E-state index contributed by atoms with van der Waals surface area (Å²) >= 11 is 3.45. The normalized spacial score (nSPS) is 12.7. The van der Waals surface area contributed by atoms with Gasteiger partial charge in [-0.25, -0.2) is 0 Å². The summed E-state index contributed by atoms with van der Waals surface area (Å²) in [6.45, 7) is 0. The molecule has 1 aliphatic rings. The number of aromatic nitrogens is 1. The molecule has 0 radical (unpaired) electrons. The zero-order valence-electron chi connectivity index (χ0n) is 6.75. The summed E-state index contributed by atoms with van der Waals surface area (Å²) in [5.41, 5.74) is 3.70. The Labute approximate surface area is 83.7 Å². The summed E-state index contributed by atoms with van der Waals surface area (Å²) in [5, 5.41) is 3.78. The summed E-state index contributed by atoms with van der Waals surface area (Å²) in [6, 6.07) is 6.27. The monoisotopic (exact) mass is 235 g/mol. The van der Waals surface area contributed by atoms with Gasteiger partial charge in [-0.05, 0) is 23.3 Å². The molecule has 3 heteroatoms. The summed E-state index contributed by atoms with van der Waals surface area (Å²) in [5.74, 6) is 0.980. The van der Waals surface area contributed by atoms with Crippen LogP contribution in [0.5, 0.6) is 0 Å². The van der Waals surface area contributed by atoms with Gasteiger partial charge in [0.2, 0.25) is 0 Å². The Bertz CT molecular complexity index is 476. The van der Waals surface area contributed by atoms with E-state index in [-0.39, 0.29) is 0 Å². The van der Waals surface area contributed by atoms with Gasteiger partial charge in [0.1, 0.15) is 5.76 Å². The fourth-order valence-corrected chi connectivity index (χ4v) is 2.16. The first-order valence-electron chi connectivity index (χ1n) is 4.07. The van der Waals surface area contributed by atoms with E-state index in [0.717, 1.165) is 22.2 Å². The van der Waals surface area contributed by atoms with Gasteiger partial charge in [-0.1, -0.05) is 27.2 Å². The largest absolute Gasteiger partial charge is 0.360 e. The lowest BCUT2D eigenvalue weighted by atomic mass is 10.1. The van der Waals surface area contributed by atoms with E-state index in [4.69, 9.17) is 4.52 Å². The number of halogens is 1. The fourth-order valence-electron chi connectivity index (χ4n) is 1.76. The minimum atomic E-state index is 0.865. The number of hydrogen-bond donors (Lipinski definition) is 0. The van der Waals surface area contributed by atoms with Gasteiger partial charge in [-0.2, -0.15) is 0 Å². The van der Waals surface area contributed by atoms with Crippen LogP contribution >= 0.6 is 15.9 Å². The molecule has 0 atom stereocenters. The van der Waals surface area contributed by atoms with Crippen molar-refractivity contribution < 1.29 is 4.52 Å². The van der Waals surface area contributed by atoms with Gasteiger partial charge < -0.3 is 4.52 Å². The number of nitrogens with zero attached hydrogens (tertiary/aromatic N) is 1. The van der Waals surface area contributed by atoms with Crippen LogP contribution in [-0.2, 0) is 6.42 Å². The third-order valence-corrected chi connectivity index (χ3v) is 2.85. The summed E-state index contributed by atoms with van der Waals surface area (Å²) in [7, 11) is 0. The molecule has 13 heavy (non-hydrogen) atoms. The lowest BCUT2D eigenvalue weighted by molar-refractivity contribution is 0.391. The van der Waals surface area contributed by atoms with Crippen LogP contribution in [0.15, 0.2) is 33.4 Å². The molecule has 0 spiro atoms. The topological polar surface area (TPSA) is 26.0 Å². The lowest BCUT2D eigenvalue weighted by Gasteiger charge is -1.98. The van der Waals surface area contributed by atoms with Gasteiger partial charge in [0.15, 0.2) is 0 Å². The van der Waals surface area contributed by atoms with Gasteiger partial charge >= 0.3 is 0 Å². The van der Waals surface area contributed by atoms with E-state index in [0.29, 0.717) is 0 Å². The highest BCUT2D eigenvalue weighted by Gasteiger charge is 2.21. The van der Waals surface area contributed by atoms with Crippen LogP contribution in [0.25, 0.3) is 11.1 Å². The average molecular weight is 236 g/mol. The molecule has 0 saturated heterocycles. The van der Waals surface area contributed by atoms with E-state index in [1.54, 1.807) is 6.20 Å². The molecule has 0 N–H and O–H groups in total. The van der Waals surface area contributed by atoms with Crippen LogP contribution in [-0.4, -0.2) is 5.16 Å². The van der Waals surface area contributed by atoms with Crippen molar-refractivity contribution in [1.29, 1.82) is 0 Å². The molecule has 1 aliphatic carbocycles. The molecule has 0 bridgehead atoms. The Morgan fingerprint density at radius 1 is 1.31 bits per heavy atom. The van der Waals surface area contributed by atoms with E-state index in [9.17, 15) is 0 Å². The Kier molecular flexibility index (Phi) is 1.38. The highest BCUT2D eigenvalue weighted by atomic mass is 79.9. The van der Waals surface area contributed by atoms with Gasteiger partial charge in [-0.3, -0.25) is 0 Å². The second-order valence-corrected chi connectivity index (χ2v) is 4.06. The Morgan fingerprint density at radius 2 is 2.23 bits per heavy atom. The van der Waals surface area contributed by atoms with Gasteiger partial charge in [0.25, 0.3) is 0 Å². The second-order valence-electron chi connectivity index (χ2n) is 3.14. The van der Waals surface area contributed by atoms with Crippen molar-refractivity contribution in [3.63, 3.8) is 0 Å². The van der Waals surface area contributed by atoms with E-state index in [1.807, 2.05) is 6.07 Å². The quantitative estimate of drug-likeness (QED) is 0.599. The van der Waals surface area contributed by atoms with Crippen molar-refractivity contribution in [3.05, 3.63) is 40.2 Å². The molecule has 0 unspecified atom stereocenters. The van der Waals surface area contributed by atoms with Crippen molar-refractivity contribution in [2.75, 3.05) is 0 Å². The maximum Gasteiger partial charge on any atom is 0.148 e. The molecule has 64 valence electrons. The number of fused-ring (bicyclic) bond motifs is 3. The molecule has 1 aromatic heterocycles. The van der Waals surface area contributed by atoms with Crippen LogP contribution in [0.4, 0.5) is 0 Å². The fraction of sp³-hybridized carbons (Fsp3) is 0.100. The Morgan fingerprint density at radius 3 is 3.15 bits per heavy atom. The molecular weight excluding hydrogens is 230 g/mol. The maximum absolute atomic E-state index is 5.13. The first-order chi connectivity index (χ1) is 6.34. The highest BCUT2D eigenvalue weighted by Crippen LogP contribution is 2.37. The first kappa shape index (κ1) is 7.33. The molecule has 1 heterocycles. The molecule has 0 amide bonds. The molecule has 2 aromatic rings. The first-order valence-corrected chi connectivity index (χ1v) is 4.86. The lowest BCUT2D eigenvalue weighted by Crippen LogP contribution is -1.80. The van der Waals surface area contributed by atoms with E-state index in [2.05, 4.69) is 33.2 Å². The Balaban J connectivity index is 2.29. The minimum absolute atomic E-state index is 0.865. The third-order valence-electron chi connectivity index (χ3n) is 2.35. The van der Waals surface area contributed by atoms with Crippen LogP contribution < -0.4 is 0 Å². The molecule has 1 aromatic carbocycles. The van der Waals surface area contributed by atoms with Crippen LogP contribution in [0, 0.1) is 0 Å². The summed E-state index contributed by atoms with van der Waals surface area (Å²) in [6.07, 6.45) is 2.65. The van der Waals surface area contributed by atoms with Crippen LogP contribution in [0.1, 0.15) is 11.3 Å². The molecule has 2 nitrogen and oxygen atoms in total. The number of rotatable bonds is 0. The molecule has 3 rings (SSSR count). The van der Waals surface area contributed by atoms with Crippen molar-refractivity contribution >= 4 is 15.9 Å². The zero-order valence-corrected chi connectivity index (χ0v) is 8.34. The van der Waals surface area contributed by atoms with Crippen molar-refractivity contribution in [2.45, 2.75) is 6.42 Å². The maximum atomic E-state index is 5.13. The number of hydrogen-bond acceptors (Lipinski definition) is 2. The van der Waals surface area contributed by atoms with E-state index >= 15 is 0 Å². The molecule has 0 fully saturated rings. The summed E-state index contributed by atoms with van der Waals surface area (Å²) in [4.78, 5) is 0. The predicted octanol–water partition coefficient (Wildman–Crippen LogP) is 3.01. The van der Waals surface area contributed by atoms with Gasteiger partial charge in [-0.15, -0.1) is 0 Å². The van der Waals surface area contributed by atoms with Crippen molar-refractivity contribution in [1.82, 2.24) is 5.16 Å². The van der Waals surface area contributed by atoms with Gasteiger partial charge in [0, 0.05) is 16.5 Å². The standard InChI is InChI=1S/C10H6BrNO/c11-7-1-2-8-6(3-7)4-10-9(8)5-12-13-10/h1-3,5H,4H2. The van der Waals surface area contributed by atoms with Gasteiger partial charge in [0.05, 0.1) is 6.20 Å². The predicted molar refractivity (Wildman–Crippen MR) is 52.4 cm³/mol. The zero-order chi connectivity index (χ0) is 8.84. The summed E-state index contributed by atoms with van der Waals surface area (Å²) < 4.78 is 6.25. The highest BCUT2D eigenvalue weighted by molar-refractivity contribution is 9.10. The van der Waals surface area contributed by atoms with E-state index in [1.165, 1.54) is 11.1 Å². The second kappa shape index (κ2) is 2.45. The Hall–Kier alpha value is -1.09. The minimum Gasteiger partial charge on any atom is -0.360 e. The van der Waals surface area contributed by atoms with Crippen LogP contribution in [0.2, 0.25) is 0 Å². The van der Waals surface area contributed by atoms with Crippen molar-refractivity contribution in [3.8, 4) is 11.1 Å². The molecular formula is C10H6BrNO. The molecule has 0 aliphatic heterocycles. The number of benzene rings is 1. The van der Waals surface area contributed by atoms with Crippen molar-refractivity contribution in [2.24, 2.45) is 0 Å². The van der Waals surface area contributed by atoms with E-state index < -0.39 is 0 Å². The average Bonchev–Trinajstić information content (AvgIpc) is 2.62.